The summed E-state index contributed by atoms with van der Waals surface area (Å²) in [5.41, 5.74) is 1.66. The molecule has 2 atom stereocenters. The van der Waals surface area contributed by atoms with Crippen LogP contribution in [-0.2, 0) is 21.4 Å². The Hall–Kier alpha value is -3.24. The average molecular weight is 531 g/mol. The SMILES string of the molecule is CC[C@@H](c1ccccc1)N(Cc1ccc(C(=O)NC(CO)C(=O)O)cc1)S(=O)(=O)c1ccc(Cl)cc1. The maximum atomic E-state index is 13.8. The minimum Gasteiger partial charge on any atom is -0.480 e. The van der Waals surface area contributed by atoms with Crippen molar-refractivity contribution in [2.75, 3.05) is 6.61 Å². The summed E-state index contributed by atoms with van der Waals surface area (Å²) in [6, 6.07) is 19.7. The van der Waals surface area contributed by atoms with Crippen LogP contribution in [0, 0.1) is 0 Å². The molecule has 0 aromatic heterocycles. The Balaban J connectivity index is 1.94. The number of carbonyl (C=O) groups excluding carboxylic acids is 1. The number of hydrogen-bond donors (Lipinski definition) is 3. The van der Waals surface area contributed by atoms with Crippen LogP contribution >= 0.6 is 11.6 Å². The molecule has 36 heavy (non-hydrogen) atoms. The van der Waals surface area contributed by atoms with Gasteiger partial charge in [-0.25, -0.2) is 13.2 Å². The van der Waals surface area contributed by atoms with Gasteiger partial charge in [-0.05, 0) is 53.9 Å². The molecule has 1 unspecified atom stereocenters. The summed E-state index contributed by atoms with van der Waals surface area (Å²) in [5, 5.41) is 20.8. The molecule has 10 heteroatoms. The molecule has 0 bridgehead atoms. The minimum absolute atomic E-state index is 0.0364. The van der Waals surface area contributed by atoms with Crippen molar-refractivity contribution in [2.24, 2.45) is 0 Å². The molecule has 0 saturated carbocycles. The average Bonchev–Trinajstić information content (AvgIpc) is 2.88. The number of rotatable bonds is 11. The Kier molecular flexibility index (Phi) is 9.22. The standard InChI is InChI=1S/C26H27ClN2O6S/c1-2-24(19-6-4-3-5-7-19)29(36(34,35)22-14-12-21(27)13-15-22)16-18-8-10-20(11-9-18)25(31)28-23(17-30)26(32)33/h3-15,23-24,30H,2,16-17H2,1H3,(H,28,31)(H,32,33)/t23?,24-/m0/s1. The first kappa shape index (κ1) is 27.3. The van der Waals surface area contributed by atoms with E-state index >= 15 is 0 Å². The fraction of sp³-hybridized carbons (Fsp3) is 0.231. The van der Waals surface area contributed by atoms with Crippen molar-refractivity contribution in [2.45, 2.75) is 36.9 Å². The van der Waals surface area contributed by atoms with Gasteiger partial charge < -0.3 is 15.5 Å². The van der Waals surface area contributed by atoms with E-state index in [1.165, 1.54) is 40.7 Å². The molecule has 0 aliphatic rings. The highest BCUT2D eigenvalue weighted by Crippen LogP contribution is 2.32. The molecular formula is C26H27ClN2O6S. The van der Waals surface area contributed by atoms with Crippen LogP contribution in [0.3, 0.4) is 0 Å². The van der Waals surface area contributed by atoms with Crippen LogP contribution in [-0.4, -0.2) is 47.5 Å². The van der Waals surface area contributed by atoms with Crippen LogP contribution in [0.25, 0.3) is 0 Å². The monoisotopic (exact) mass is 530 g/mol. The quantitative estimate of drug-likeness (QED) is 0.346. The van der Waals surface area contributed by atoms with E-state index in [-0.39, 0.29) is 17.0 Å². The Morgan fingerprint density at radius 2 is 1.58 bits per heavy atom. The molecule has 3 rings (SSSR count). The van der Waals surface area contributed by atoms with E-state index in [2.05, 4.69) is 5.32 Å². The van der Waals surface area contributed by atoms with Gasteiger partial charge in [-0.2, -0.15) is 4.31 Å². The lowest BCUT2D eigenvalue weighted by molar-refractivity contribution is -0.140. The second kappa shape index (κ2) is 12.1. The summed E-state index contributed by atoms with van der Waals surface area (Å²) in [6.07, 6.45) is 0.523. The summed E-state index contributed by atoms with van der Waals surface area (Å²) < 4.78 is 28.9. The van der Waals surface area contributed by atoms with Crippen molar-refractivity contribution in [1.29, 1.82) is 0 Å². The molecule has 0 spiro atoms. The topological polar surface area (TPSA) is 124 Å². The van der Waals surface area contributed by atoms with Crippen LogP contribution in [0.4, 0.5) is 0 Å². The van der Waals surface area contributed by atoms with Gasteiger partial charge in [0.2, 0.25) is 10.0 Å². The molecule has 190 valence electrons. The van der Waals surface area contributed by atoms with Crippen molar-refractivity contribution in [3.8, 4) is 0 Å². The number of hydrogen-bond acceptors (Lipinski definition) is 5. The molecule has 3 aromatic carbocycles. The van der Waals surface area contributed by atoms with E-state index < -0.39 is 40.6 Å². The van der Waals surface area contributed by atoms with Crippen LogP contribution in [0.5, 0.6) is 0 Å². The highest BCUT2D eigenvalue weighted by molar-refractivity contribution is 7.89. The predicted octanol–water partition coefficient (Wildman–Crippen LogP) is 3.86. The lowest BCUT2D eigenvalue weighted by Crippen LogP contribution is -2.43. The highest BCUT2D eigenvalue weighted by atomic mass is 35.5. The van der Waals surface area contributed by atoms with E-state index in [0.717, 1.165) is 5.56 Å². The first-order chi connectivity index (χ1) is 17.2. The van der Waals surface area contributed by atoms with Gasteiger partial charge in [-0.1, -0.05) is 61.0 Å². The van der Waals surface area contributed by atoms with Crippen LogP contribution in [0.2, 0.25) is 5.02 Å². The number of aliphatic hydroxyl groups excluding tert-OH is 1. The van der Waals surface area contributed by atoms with Gasteiger partial charge in [0.25, 0.3) is 5.91 Å². The molecule has 0 aliphatic heterocycles. The molecule has 0 aliphatic carbocycles. The molecule has 8 nitrogen and oxygen atoms in total. The van der Waals surface area contributed by atoms with E-state index in [0.29, 0.717) is 17.0 Å². The normalized spacial score (nSPS) is 13.2. The largest absolute Gasteiger partial charge is 0.480 e. The van der Waals surface area contributed by atoms with E-state index in [1.807, 2.05) is 37.3 Å². The third-order valence-electron chi connectivity index (χ3n) is 5.68. The zero-order chi connectivity index (χ0) is 26.3. The summed E-state index contributed by atoms with van der Waals surface area (Å²) in [6.45, 7) is 1.21. The number of halogens is 1. The fourth-order valence-corrected chi connectivity index (χ4v) is 5.56. The van der Waals surface area contributed by atoms with Gasteiger partial charge in [-0.3, -0.25) is 4.79 Å². The van der Waals surface area contributed by atoms with Gasteiger partial charge in [-0.15, -0.1) is 0 Å². The van der Waals surface area contributed by atoms with Gasteiger partial charge in [0.15, 0.2) is 6.04 Å². The first-order valence-electron chi connectivity index (χ1n) is 11.2. The third-order valence-corrected chi connectivity index (χ3v) is 7.80. The molecule has 3 N–H and O–H groups in total. The van der Waals surface area contributed by atoms with Gasteiger partial charge in [0.05, 0.1) is 17.5 Å². The van der Waals surface area contributed by atoms with Gasteiger partial charge in [0.1, 0.15) is 0 Å². The number of nitrogens with zero attached hydrogens (tertiary/aromatic N) is 1. The predicted molar refractivity (Wildman–Crippen MR) is 136 cm³/mol. The molecule has 1 amide bonds. The fourth-order valence-electron chi connectivity index (χ4n) is 3.75. The number of carboxylic acids is 1. The Morgan fingerprint density at radius 3 is 2.11 bits per heavy atom. The highest BCUT2D eigenvalue weighted by Gasteiger charge is 2.32. The molecule has 0 fully saturated rings. The molecule has 0 radical (unpaired) electrons. The number of carboxylic acid groups (broad SMARTS) is 1. The Labute approximate surface area is 215 Å². The second-order valence-corrected chi connectivity index (χ2v) is 10.4. The first-order valence-corrected chi connectivity index (χ1v) is 13.0. The van der Waals surface area contributed by atoms with E-state index in [9.17, 15) is 18.0 Å². The number of aliphatic carboxylic acids is 1. The molecule has 0 saturated heterocycles. The van der Waals surface area contributed by atoms with Crippen molar-refractivity contribution in [3.63, 3.8) is 0 Å². The van der Waals surface area contributed by atoms with Crippen molar-refractivity contribution in [3.05, 3.63) is 101 Å². The number of benzene rings is 3. The Morgan fingerprint density at radius 1 is 0.972 bits per heavy atom. The number of carbonyl (C=O) groups is 2. The summed E-state index contributed by atoms with van der Waals surface area (Å²) in [7, 11) is -3.93. The summed E-state index contributed by atoms with van der Waals surface area (Å²) in [4.78, 5) is 23.5. The van der Waals surface area contributed by atoms with Gasteiger partial charge >= 0.3 is 5.97 Å². The summed E-state index contributed by atoms with van der Waals surface area (Å²) in [5.74, 6) is -2.01. The van der Waals surface area contributed by atoms with E-state index in [4.69, 9.17) is 21.8 Å². The maximum Gasteiger partial charge on any atom is 0.328 e. The zero-order valence-electron chi connectivity index (χ0n) is 19.5. The van der Waals surface area contributed by atoms with Crippen molar-refractivity contribution < 1.29 is 28.2 Å². The molecule has 3 aromatic rings. The Bertz CT molecular complexity index is 1280. The van der Waals surface area contributed by atoms with Crippen LogP contribution in [0.15, 0.2) is 83.8 Å². The maximum absolute atomic E-state index is 13.8. The smallest absolute Gasteiger partial charge is 0.328 e. The van der Waals surface area contributed by atoms with E-state index in [1.54, 1.807) is 12.1 Å². The number of aliphatic hydroxyl groups is 1. The number of amides is 1. The minimum atomic E-state index is -3.93. The number of nitrogens with one attached hydrogen (secondary N) is 1. The lowest BCUT2D eigenvalue weighted by atomic mass is 10.0. The van der Waals surface area contributed by atoms with Crippen LogP contribution in [0.1, 0.15) is 40.9 Å². The second-order valence-electron chi connectivity index (χ2n) is 8.08. The summed E-state index contributed by atoms with van der Waals surface area (Å²) >= 11 is 5.97. The third kappa shape index (κ3) is 6.50. The lowest BCUT2D eigenvalue weighted by Gasteiger charge is -2.31. The van der Waals surface area contributed by atoms with Gasteiger partial charge in [0, 0.05) is 17.1 Å². The number of sulfonamides is 1. The van der Waals surface area contributed by atoms with Crippen molar-refractivity contribution in [1.82, 2.24) is 9.62 Å². The van der Waals surface area contributed by atoms with Crippen molar-refractivity contribution >= 4 is 33.5 Å². The molecule has 0 heterocycles. The molecular weight excluding hydrogens is 504 g/mol. The zero-order valence-corrected chi connectivity index (χ0v) is 21.1. The van der Waals surface area contributed by atoms with Crippen LogP contribution < -0.4 is 5.32 Å².